The fourth-order valence-electron chi connectivity index (χ4n) is 1.98. The molecule has 7 nitrogen and oxygen atoms in total. The van der Waals surface area contributed by atoms with Crippen molar-refractivity contribution in [1.82, 2.24) is 9.80 Å². The van der Waals surface area contributed by atoms with Crippen molar-refractivity contribution in [3.8, 4) is 0 Å². The Labute approximate surface area is 113 Å². The Hall–Kier alpha value is -1.18. The highest BCUT2D eigenvalue weighted by molar-refractivity contribution is 5.81. The first-order chi connectivity index (χ1) is 9.08. The molecule has 2 N–H and O–H groups in total. The van der Waals surface area contributed by atoms with Crippen molar-refractivity contribution in [2.45, 2.75) is 12.5 Å². The number of carbonyl (C=O) groups excluding carboxylic acids is 2. The van der Waals surface area contributed by atoms with Gasteiger partial charge in [-0.3, -0.25) is 14.5 Å². The van der Waals surface area contributed by atoms with Gasteiger partial charge in [-0.2, -0.15) is 0 Å². The first-order valence-corrected chi connectivity index (χ1v) is 6.41. The van der Waals surface area contributed by atoms with Crippen LogP contribution in [-0.2, 0) is 19.1 Å². The lowest BCUT2D eigenvalue weighted by atomic mass is 10.2. The molecule has 1 rings (SSSR count). The van der Waals surface area contributed by atoms with Crippen LogP contribution in [-0.4, -0.2) is 81.3 Å². The van der Waals surface area contributed by atoms with E-state index in [0.717, 1.165) is 0 Å². The summed E-state index contributed by atoms with van der Waals surface area (Å²) in [6.07, 6.45) is 0.526. The van der Waals surface area contributed by atoms with E-state index in [9.17, 15) is 9.59 Å². The number of carbonyl (C=O) groups is 2. The molecular weight excluding hydrogens is 250 g/mol. The van der Waals surface area contributed by atoms with E-state index in [0.29, 0.717) is 39.2 Å². The normalized spacial score (nSPS) is 18.2. The maximum atomic E-state index is 12.0. The number of amides is 1. The topological polar surface area (TPSA) is 85.1 Å². The van der Waals surface area contributed by atoms with Gasteiger partial charge in [-0.1, -0.05) is 0 Å². The molecule has 1 atom stereocenters. The van der Waals surface area contributed by atoms with Crippen LogP contribution in [0.5, 0.6) is 0 Å². The molecule has 0 aromatic carbocycles. The van der Waals surface area contributed by atoms with Gasteiger partial charge in [0.05, 0.1) is 19.7 Å². The fourth-order valence-corrected chi connectivity index (χ4v) is 1.98. The van der Waals surface area contributed by atoms with E-state index in [4.69, 9.17) is 10.5 Å². The van der Waals surface area contributed by atoms with Gasteiger partial charge in [-0.25, -0.2) is 0 Å². The quantitative estimate of drug-likeness (QED) is 0.603. The highest BCUT2D eigenvalue weighted by Crippen LogP contribution is 2.05. The summed E-state index contributed by atoms with van der Waals surface area (Å²) in [5.74, 6) is -0.300. The van der Waals surface area contributed by atoms with Gasteiger partial charge in [-0.05, 0) is 6.42 Å². The molecule has 0 radical (unpaired) electrons. The zero-order valence-corrected chi connectivity index (χ0v) is 11.6. The summed E-state index contributed by atoms with van der Waals surface area (Å²) in [7, 11) is 2.96. The molecule has 1 amide bonds. The van der Waals surface area contributed by atoms with Crippen LogP contribution in [0.2, 0.25) is 0 Å². The van der Waals surface area contributed by atoms with Gasteiger partial charge < -0.3 is 20.1 Å². The van der Waals surface area contributed by atoms with Crippen molar-refractivity contribution >= 4 is 11.9 Å². The summed E-state index contributed by atoms with van der Waals surface area (Å²) in [4.78, 5) is 26.9. The molecule has 1 saturated heterocycles. The zero-order chi connectivity index (χ0) is 14.3. The monoisotopic (exact) mass is 273 g/mol. The van der Waals surface area contributed by atoms with E-state index in [1.54, 1.807) is 12.0 Å². The number of hydrogen-bond acceptors (Lipinski definition) is 6. The molecule has 0 aromatic rings. The number of esters is 1. The second-order valence-electron chi connectivity index (χ2n) is 4.57. The molecule has 19 heavy (non-hydrogen) atoms. The molecule has 0 spiro atoms. The predicted molar refractivity (Wildman–Crippen MR) is 69.5 cm³/mol. The highest BCUT2D eigenvalue weighted by atomic mass is 16.5. The molecule has 1 fully saturated rings. The van der Waals surface area contributed by atoms with Crippen molar-refractivity contribution in [3.63, 3.8) is 0 Å². The SMILES string of the molecule is COCCC(N)C(=O)N1CCN(CC(=O)OC)CC1. The number of rotatable bonds is 6. The average Bonchev–Trinajstić information content (AvgIpc) is 2.44. The van der Waals surface area contributed by atoms with Crippen LogP contribution < -0.4 is 5.73 Å². The van der Waals surface area contributed by atoms with Crippen molar-refractivity contribution in [3.05, 3.63) is 0 Å². The van der Waals surface area contributed by atoms with Crippen molar-refractivity contribution in [2.75, 3.05) is 53.6 Å². The Morgan fingerprint density at radius 3 is 2.37 bits per heavy atom. The summed E-state index contributed by atoms with van der Waals surface area (Å²) in [6.45, 7) is 3.27. The van der Waals surface area contributed by atoms with Crippen LogP contribution in [0.1, 0.15) is 6.42 Å². The van der Waals surface area contributed by atoms with E-state index < -0.39 is 6.04 Å². The highest BCUT2D eigenvalue weighted by Gasteiger charge is 2.25. The molecule has 0 bridgehead atoms. The van der Waals surface area contributed by atoms with Crippen LogP contribution in [0.4, 0.5) is 0 Å². The van der Waals surface area contributed by atoms with Gasteiger partial charge in [0, 0.05) is 39.9 Å². The maximum Gasteiger partial charge on any atom is 0.319 e. The summed E-state index contributed by atoms with van der Waals surface area (Å²) in [5.41, 5.74) is 5.81. The first-order valence-electron chi connectivity index (χ1n) is 6.41. The van der Waals surface area contributed by atoms with Crippen LogP contribution in [0.15, 0.2) is 0 Å². The lowest BCUT2D eigenvalue weighted by Gasteiger charge is -2.35. The third-order valence-electron chi connectivity index (χ3n) is 3.21. The largest absolute Gasteiger partial charge is 0.468 e. The summed E-state index contributed by atoms with van der Waals surface area (Å²) in [6, 6.07) is -0.507. The molecule has 7 heteroatoms. The van der Waals surface area contributed by atoms with Gasteiger partial charge >= 0.3 is 5.97 Å². The van der Waals surface area contributed by atoms with Crippen LogP contribution in [0.3, 0.4) is 0 Å². The summed E-state index contributed by atoms with van der Waals surface area (Å²) < 4.78 is 9.53. The Bertz CT molecular complexity index is 303. The summed E-state index contributed by atoms with van der Waals surface area (Å²) in [5, 5.41) is 0. The molecule has 0 aromatic heterocycles. The molecule has 110 valence electrons. The minimum Gasteiger partial charge on any atom is -0.468 e. The first kappa shape index (κ1) is 15.9. The van der Waals surface area contributed by atoms with Gasteiger partial charge in [0.2, 0.25) is 5.91 Å². The van der Waals surface area contributed by atoms with Gasteiger partial charge in [0.15, 0.2) is 0 Å². The zero-order valence-electron chi connectivity index (χ0n) is 11.6. The number of hydrogen-bond donors (Lipinski definition) is 1. The lowest BCUT2D eigenvalue weighted by Crippen LogP contribution is -2.54. The van der Waals surface area contributed by atoms with Crippen LogP contribution >= 0.6 is 0 Å². The fraction of sp³-hybridized carbons (Fsp3) is 0.833. The van der Waals surface area contributed by atoms with E-state index in [2.05, 4.69) is 4.74 Å². The Balaban J connectivity index is 2.32. The molecule has 0 saturated carbocycles. The third-order valence-corrected chi connectivity index (χ3v) is 3.21. The number of methoxy groups -OCH3 is 2. The van der Waals surface area contributed by atoms with E-state index >= 15 is 0 Å². The number of nitrogens with zero attached hydrogens (tertiary/aromatic N) is 2. The maximum absolute atomic E-state index is 12.0. The Morgan fingerprint density at radius 2 is 1.84 bits per heavy atom. The molecule has 1 aliphatic rings. The van der Waals surface area contributed by atoms with Crippen LogP contribution in [0.25, 0.3) is 0 Å². The van der Waals surface area contributed by atoms with E-state index in [-0.39, 0.29) is 18.4 Å². The second-order valence-corrected chi connectivity index (χ2v) is 4.57. The number of piperazine rings is 1. The summed E-state index contributed by atoms with van der Waals surface area (Å²) >= 11 is 0. The third kappa shape index (κ3) is 5.14. The van der Waals surface area contributed by atoms with E-state index in [1.807, 2.05) is 4.90 Å². The average molecular weight is 273 g/mol. The van der Waals surface area contributed by atoms with E-state index in [1.165, 1.54) is 7.11 Å². The van der Waals surface area contributed by atoms with Gasteiger partial charge in [0.25, 0.3) is 0 Å². The van der Waals surface area contributed by atoms with Gasteiger partial charge in [0.1, 0.15) is 0 Å². The number of nitrogens with two attached hydrogens (primary N) is 1. The van der Waals surface area contributed by atoms with Crippen molar-refractivity contribution < 1.29 is 19.1 Å². The van der Waals surface area contributed by atoms with Crippen molar-refractivity contribution in [2.24, 2.45) is 5.73 Å². The second kappa shape index (κ2) is 8.08. The van der Waals surface area contributed by atoms with Gasteiger partial charge in [-0.15, -0.1) is 0 Å². The molecular formula is C12H23N3O4. The molecule has 0 aliphatic carbocycles. The Morgan fingerprint density at radius 1 is 1.21 bits per heavy atom. The standard InChI is InChI=1S/C12H23N3O4/c1-18-8-3-10(13)12(17)15-6-4-14(5-7-15)9-11(16)19-2/h10H,3-9,13H2,1-2H3. The molecule has 1 unspecified atom stereocenters. The molecule has 1 aliphatic heterocycles. The molecule has 1 heterocycles. The number of ether oxygens (including phenoxy) is 2. The minimum atomic E-state index is -0.507. The minimum absolute atomic E-state index is 0.0465. The predicted octanol–water partition coefficient (Wildman–Crippen LogP) is -1.33. The smallest absolute Gasteiger partial charge is 0.319 e. The Kier molecular flexibility index (Phi) is 6.75. The van der Waals surface area contributed by atoms with Crippen LogP contribution in [0, 0.1) is 0 Å². The van der Waals surface area contributed by atoms with Crippen molar-refractivity contribution in [1.29, 1.82) is 0 Å². The lowest BCUT2D eigenvalue weighted by molar-refractivity contribution is -0.143.